The quantitative estimate of drug-likeness (QED) is 0.734. The number of nitrogens with one attached hydrogen (secondary N) is 1. The number of fused-ring (bicyclic) bond motifs is 1. The van der Waals surface area contributed by atoms with Gasteiger partial charge in [0.15, 0.2) is 5.82 Å². The number of hydrogen-bond donors (Lipinski definition) is 1. The Hall–Kier alpha value is -2.52. The standard InChI is InChI=1S/C17H20N6O2S/c1-12-10-14(21-25-12)20-15(24)2-4-22-5-7-23(8-6-22)16-13-3-9-26-17(13)19-11-18-16/h3,9-11H,2,4-8H2,1H3,(H,20,21,24). The minimum Gasteiger partial charge on any atom is -0.360 e. The summed E-state index contributed by atoms with van der Waals surface area (Å²) in [5, 5.41) is 9.70. The molecule has 1 N–H and O–H groups in total. The average molecular weight is 372 g/mol. The van der Waals surface area contributed by atoms with E-state index in [4.69, 9.17) is 4.52 Å². The van der Waals surface area contributed by atoms with Crippen molar-refractivity contribution in [3.63, 3.8) is 0 Å². The summed E-state index contributed by atoms with van der Waals surface area (Å²) in [7, 11) is 0. The number of carbonyl (C=O) groups is 1. The highest BCUT2D eigenvalue weighted by Crippen LogP contribution is 2.27. The van der Waals surface area contributed by atoms with Gasteiger partial charge < -0.3 is 14.7 Å². The second-order valence-electron chi connectivity index (χ2n) is 6.29. The van der Waals surface area contributed by atoms with Gasteiger partial charge in [0.25, 0.3) is 0 Å². The second-order valence-corrected chi connectivity index (χ2v) is 7.18. The first kappa shape index (κ1) is 16.9. The highest BCUT2D eigenvalue weighted by molar-refractivity contribution is 7.16. The van der Waals surface area contributed by atoms with E-state index in [1.54, 1.807) is 30.7 Å². The van der Waals surface area contributed by atoms with Crippen LogP contribution in [0.5, 0.6) is 0 Å². The van der Waals surface area contributed by atoms with E-state index in [1.165, 1.54) is 0 Å². The molecular formula is C17H20N6O2S. The van der Waals surface area contributed by atoms with Gasteiger partial charge >= 0.3 is 0 Å². The molecule has 0 aliphatic carbocycles. The fourth-order valence-electron chi connectivity index (χ4n) is 3.10. The van der Waals surface area contributed by atoms with Crippen LogP contribution in [0, 0.1) is 6.92 Å². The van der Waals surface area contributed by atoms with Gasteiger partial charge in [-0.2, -0.15) is 0 Å². The van der Waals surface area contributed by atoms with Crippen LogP contribution in [0.15, 0.2) is 28.4 Å². The van der Waals surface area contributed by atoms with Gasteiger partial charge in [-0.15, -0.1) is 11.3 Å². The SMILES string of the molecule is Cc1cc(NC(=O)CCN2CCN(c3ncnc4sccc34)CC2)no1. The summed E-state index contributed by atoms with van der Waals surface area (Å²) in [4.78, 5) is 26.4. The third kappa shape index (κ3) is 3.68. The lowest BCUT2D eigenvalue weighted by molar-refractivity contribution is -0.116. The molecule has 0 atom stereocenters. The summed E-state index contributed by atoms with van der Waals surface area (Å²) < 4.78 is 4.95. The average Bonchev–Trinajstić information content (AvgIpc) is 3.29. The molecule has 3 aromatic rings. The Kier molecular flexibility index (Phi) is 4.81. The van der Waals surface area contributed by atoms with Crippen molar-refractivity contribution >= 4 is 39.1 Å². The van der Waals surface area contributed by atoms with Crippen molar-refractivity contribution in [1.82, 2.24) is 20.0 Å². The van der Waals surface area contributed by atoms with E-state index in [1.807, 2.05) is 5.38 Å². The Balaban J connectivity index is 1.27. The molecule has 9 heteroatoms. The summed E-state index contributed by atoms with van der Waals surface area (Å²) in [5.74, 6) is 2.12. The molecule has 0 unspecified atom stereocenters. The zero-order valence-corrected chi connectivity index (χ0v) is 15.3. The lowest BCUT2D eigenvalue weighted by Crippen LogP contribution is -2.47. The van der Waals surface area contributed by atoms with Crippen LogP contribution in [-0.4, -0.2) is 58.7 Å². The molecule has 1 aliphatic rings. The summed E-state index contributed by atoms with van der Waals surface area (Å²) in [6.45, 7) is 6.13. The molecule has 0 saturated carbocycles. The van der Waals surface area contributed by atoms with Crippen LogP contribution in [-0.2, 0) is 4.79 Å². The molecule has 4 heterocycles. The van der Waals surface area contributed by atoms with Gasteiger partial charge in [-0.25, -0.2) is 9.97 Å². The molecule has 3 aromatic heterocycles. The van der Waals surface area contributed by atoms with Crippen LogP contribution < -0.4 is 10.2 Å². The molecule has 136 valence electrons. The molecule has 8 nitrogen and oxygen atoms in total. The van der Waals surface area contributed by atoms with E-state index in [0.29, 0.717) is 18.0 Å². The lowest BCUT2D eigenvalue weighted by atomic mass is 10.2. The summed E-state index contributed by atoms with van der Waals surface area (Å²) >= 11 is 1.64. The van der Waals surface area contributed by atoms with Crippen molar-refractivity contribution in [3.05, 3.63) is 29.6 Å². The number of amides is 1. The number of hydrogen-bond acceptors (Lipinski definition) is 8. The molecule has 0 aromatic carbocycles. The normalized spacial score (nSPS) is 15.5. The number of aryl methyl sites for hydroxylation is 1. The molecule has 1 aliphatic heterocycles. The minimum atomic E-state index is -0.0449. The topological polar surface area (TPSA) is 87.4 Å². The van der Waals surface area contributed by atoms with E-state index in [0.717, 1.165) is 48.8 Å². The molecule has 1 saturated heterocycles. The lowest BCUT2D eigenvalue weighted by Gasteiger charge is -2.35. The van der Waals surface area contributed by atoms with Crippen LogP contribution in [0.3, 0.4) is 0 Å². The first-order chi connectivity index (χ1) is 12.7. The van der Waals surface area contributed by atoms with Crippen molar-refractivity contribution in [1.29, 1.82) is 0 Å². The van der Waals surface area contributed by atoms with E-state index in [9.17, 15) is 4.79 Å². The van der Waals surface area contributed by atoms with Crippen LogP contribution in [0.2, 0.25) is 0 Å². The van der Waals surface area contributed by atoms with Crippen molar-refractivity contribution in [2.24, 2.45) is 0 Å². The zero-order valence-electron chi connectivity index (χ0n) is 14.5. The van der Waals surface area contributed by atoms with E-state index in [-0.39, 0.29) is 5.91 Å². The molecule has 0 spiro atoms. The number of aromatic nitrogens is 3. The third-order valence-electron chi connectivity index (χ3n) is 4.46. The van der Waals surface area contributed by atoms with Crippen LogP contribution >= 0.6 is 11.3 Å². The van der Waals surface area contributed by atoms with Gasteiger partial charge in [-0.05, 0) is 18.4 Å². The molecule has 4 rings (SSSR count). The number of rotatable bonds is 5. The van der Waals surface area contributed by atoms with Gasteiger partial charge in [0.05, 0.1) is 5.39 Å². The van der Waals surface area contributed by atoms with Crippen molar-refractivity contribution < 1.29 is 9.32 Å². The van der Waals surface area contributed by atoms with Gasteiger partial charge in [-0.1, -0.05) is 5.16 Å². The van der Waals surface area contributed by atoms with E-state index >= 15 is 0 Å². The zero-order chi connectivity index (χ0) is 17.9. The number of nitrogens with zero attached hydrogens (tertiary/aromatic N) is 5. The molecular weight excluding hydrogens is 352 g/mol. The highest BCUT2D eigenvalue weighted by atomic mass is 32.1. The van der Waals surface area contributed by atoms with E-state index in [2.05, 4.69) is 36.3 Å². The largest absolute Gasteiger partial charge is 0.360 e. The summed E-state index contributed by atoms with van der Waals surface area (Å²) in [6, 6.07) is 3.79. The Morgan fingerprint density at radius 2 is 2.15 bits per heavy atom. The van der Waals surface area contributed by atoms with Crippen LogP contribution in [0.1, 0.15) is 12.2 Å². The Morgan fingerprint density at radius 1 is 1.31 bits per heavy atom. The number of carbonyl (C=O) groups excluding carboxylic acids is 1. The van der Waals surface area contributed by atoms with Gasteiger partial charge in [0.1, 0.15) is 22.7 Å². The Labute approximate surface area is 154 Å². The van der Waals surface area contributed by atoms with Crippen molar-refractivity contribution in [3.8, 4) is 0 Å². The first-order valence-electron chi connectivity index (χ1n) is 8.58. The Morgan fingerprint density at radius 3 is 2.92 bits per heavy atom. The molecule has 1 fully saturated rings. The molecule has 1 amide bonds. The predicted octanol–water partition coefficient (Wildman–Crippen LogP) is 2.14. The van der Waals surface area contributed by atoms with Gasteiger partial charge in [-0.3, -0.25) is 9.69 Å². The van der Waals surface area contributed by atoms with Gasteiger partial charge in [0, 0.05) is 45.2 Å². The highest BCUT2D eigenvalue weighted by Gasteiger charge is 2.20. The fourth-order valence-corrected chi connectivity index (χ4v) is 3.83. The monoisotopic (exact) mass is 372 g/mol. The summed E-state index contributed by atoms with van der Waals surface area (Å²) in [6.07, 6.45) is 2.07. The number of anilines is 2. The predicted molar refractivity (Wildman–Crippen MR) is 101 cm³/mol. The molecule has 0 radical (unpaired) electrons. The first-order valence-corrected chi connectivity index (χ1v) is 9.46. The minimum absolute atomic E-state index is 0.0449. The van der Waals surface area contributed by atoms with Crippen molar-refractivity contribution in [2.45, 2.75) is 13.3 Å². The van der Waals surface area contributed by atoms with Gasteiger partial charge in [0.2, 0.25) is 5.91 Å². The number of piperazine rings is 1. The maximum absolute atomic E-state index is 12.0. The molecule has 26 heavy (non-hydrogen) atoms. The summed E-state index contributed by atoms with van der Waals surface area (Å²) in [5.41, 5.74) is 0. The maximum atomic E-state index is 12.0. The van der Waals surface area contributed by atoms with Crippen LogP contribution in [0.4, 0.5) is 11.6 Å². The number of thiophene rings is 1. The smallest absolute Gasteiger partial charge is 0.226 e. The fraction of sp³-hybridized carbons (Fsp3) is 0.412. The van der Waals surface area contributed by atoms with E-state index < -0.39 is 0 Å². The second kappa shape index (κ2) is 7.38. The third-order valence-corrected chi connectivity index (χ3v) is 5.28. The Bertz CT molecular complexity index is 899. The van der Waals surface area contributed by atoms with Crippen molar-refractivity contribution in [2.75, 3.05) is 42.9 Å². The van der Waals surface area contributed by atoms with Crippen LogP contribution in [0.25, 0.3) is 10.2 Å². The maximum Gasteiger partial charge on any atom is 0.226 e. The molecule has 0 bridgehead atoms.